The second kappa shape index (κ2) is 5.28. The average molecular weight is 212 g/mol. The van der Waals surface area contributed by atoms with Gasteiger partial charge in [-0.05, 0) is 39.3 Å². The summed E-state index contributed by atoms with van der Waals surface area (Å²) in [5.41, 5.74) is 0. The highest BCUT2D eigenvalue weighted by Gasteiger charge is 2.30. The molecule has 0 aromatic heterocycles. The molecule has 0 unspecified atom stereocenters. The molecule has 2 fully saturated rings. The molecule has 3 nitrogen and oxygen atoms in total. The lowest BCUT2D eigenvalue weighted by molar-refractivity contribution is 0.0907. The fourth-order valence-electron chi connectivity index (χ4n) is 2.69. The molecule has 1 atom stereocenters. The van der Waals surface area contributed by atoms with Crippen LogP contribution in [0.1, 0.15) is 32.1 Å². The SMILES string of the molecule is CN(C[C@@H]1CCCCN1CCO)C1CC1. The van der Waals surface area contributed by atoms with Gasteiger partial charge < -0.3 is 10.0 Å². The second-order valence-electron chi connectivity index (χ2n) is 5.08. The summed E-state index contributed by atoms with van der Waals surface area (Å²) in [6.07, 6.45) is 6.78. The van der Waals surface area contributed by atoms with Gasteiger partial charge in [0.05, 0.1) is 6.61 Å². The van der Waals surface area contributed by atoms with Crippen molar-refractivity contribution in [3.8, 4) is 0 Å². The van der Waals surface area contributed by atoms with E-state index in [1.165, 1.54) is 45.2 Å². The zero-order chi connectivity index (χ0) is 10.7. The molecule has 1 N–H and O–H groups in total. The fraction of sp³-hybridized carbons (Fsp3) is 1.00. The van der Waals surface area contributed by atoms with Gasteiger partial charge in [-0.1, -0.05) is 6.42 Å². The van der Waals surface area contributed by atoms with E-state index in [9.17, 15) is 0 Å². The molecule has 0 bridgehead atoms. The smallest absolute Gasteiger partial charge is 0.0558 e. The van der Waals surface area contributed by atoms with E-state index in [0.717, 1.165) is 12.6 Å². The summed E-state index contributed by atoms with van der Waals surface area (Å²) in [6, 6.07) is 1.56. The number of rotatable bonds is 5. The van der Waals surface area contributed by atoms with Crippen LogP contribution in [-0.4, -0.2) is 60.3 Å². The zero-order valence-electron chi connectivity index (χ0n) is 9.86. The van der Waals surface area contributed by atoms with Crippen LogP contribution in [0.25, 0.3) is 0 Å². The van der Waals surface area contributed by atoms with Gasteiger partial charge in [-0.15, -0.1) is 0 Å². The van der Waals surface area contributed by atoms with E-state index in [1.807, 2.05) is 0 Å². The monoisotopic (exact) mass is 212 g/mol. The standard InChI is InChI=1S/C12H24N2O/c1-13(11-5-6-11)10-12-4-2-3-7-14(12)8-9-15/h11-12,15H,2-10H2,1H3/t12-/m0/s1. The van der Waals surface area contributed by atoms with Crippen LogP contribution < -0.4 is 0 Å². The molecule has 1 aliphatic carbocycles. The summed E-state index contributed by atoms with van der Waals surface area (Å²) in [6.45, 7) is 3.56. The molecular formula is C12H24N2O. The van der Waals surface area contributed by atoms with Crippen LogP contribution in [0, 0.1) is 0 Å². The third-order valence-electron chi connectivity index (χ3n) is 3.81. The molecule has 2 rings (SSSR count). The molecule has 2 aliphatic rings. The van der Waals surface area contributed by atoms with Gasteiger partial charge in [-0.3, -0.25) is 4.90 Å². The summed E-state index contributed by atoms with van der Waals surface area (Å²) >= 11 is 0. The number of β-amino-alcohol motifs (C(OH)–C–C–N with tert-alkyl or cyclic N) is 1. The van der Waals surface area contributed by atoms with Crippen molar-refractivity contribution in [3.63, 3.8) is 0 Å². The fourth-order valence-corrected chi connectivity index (χ4v) is 2.69. The summed E-state index contributed by atoms with van der Waals surface area (Å²) < 4.78 is 0. The number of likely N-dealkylation sites (N-methyl/N-ethyl adjacent to an activating group) is 1. The van der Waals surface area contributed by atoms with Crippen LogP contribution in [0.2, 0.25) is 0 Å². The summed E-state index contributed by atoms with van der Waals surface area (Å²) in [5.74, 6) is 0. The Labute approximate surface area is 93.1 Å². The first-order chi connectivity index (χ1) is 7.31. The highest BCUT2D eigenvalue weighted by atomic mass is 16.3. The molecule has 88 valence electrons. The molecule has 0 aromatic carbocycles. The van der Waals surface area contributed by atoms with Crippen LogP contribution in [0.3, 0.4) is 0 Å². The largest absolute Gasteiger partial charge is 0.395 e. The Balaban J connectivity index is 1.80. The molecule has 1 saturated heterocycles. The molecule has 0 radical (unpaired) electrons. The Kier molecular flexibility index (Phi) is 4.00. The summed E-state index contributed by atoms with van der Waals surface area (Å²) in [4.78, 5) is 4.99. The predicted octanol–water partition coefficient (Wildman–Crippen LogP) is 0.927. The minimum absolute atomic E-state index is 0.309. The third kappa shape index (κ3) is 3.16. The summed E-state index contributed by atoms with van der Waals surface area (Å²) in [5, 5.41) is 9.04. The minimum Gasteiger partial charge on any atom is -0.395 e. The Hall–Kier alpha value is -0.120. The Morgan fingerprint density at radius 1 is 1.27 bits per heavy atom. The molecular weight excluding hydrogens is 188 g/mol. The molecule has 1 heterocycles. The van der Waals surface area contributed by atoms with E-state index in [2.05, 4.69) is 16.8 Å². The van der Waals surface area contributed by atoms with E-state index in [0.29, 0.717) is 12.6 Å². The molecule has 15 heavy (non-hydrogen) atoms. The van der Waals surface area contributed by atoms with Gasteiger partial charge in [-0.2, -0.15) is 0 Å². The molecule has 3 heteroatoms. The van der Waals surface area contributed by atoms with Crippen LogP contribution in [0.4, 0.5) is 0 Å². The lowest BCUT2D eigenvalue weighted by Crippen LogP contribution is -2.47. The van der Waals surface area contributed by atoms with Gasteiger partial charge >= 0.3 is 0 Å². The number of aliphatic hydroxyl groups excluding tert-OH is 1. The molecule has 1 saturated carbocycles. The van der Waals surface area contributed by atoms with Crippen molar-refractivity contribution in [1.29, 1.82) is 0 Å². The van der Waals surface area contributed by atoms with Crippen molar-refractivity contribution in [2.45, 2.75) is 44.2 Å². The van der Waals surface area contributed by atoms with Gasteiger partial charge in [0.1, 0.15) is 0 Å². The molecule has 0 amide bonds. The molecule has 0 aromatic rings. The average Bonchev–Trinajstić information content (AvgIpc) is 3.04. The van der Waals surface area contributed by atoms with Crippen LogP contribution in [0.15, 0.2) is 0 Å². The van der Waals surface area contributed by atoms with Crippen molar-refractivity contribution in [2.75, 3.05) is 33.3 Å². The van der Waals surface area contributed by atoms with Gasteiger partial charge in [0, 0.05) is 25.2 Å². The Bertz CT molecular complexity index is 192. The maximum atomic E-state index is 9.04. The topological polar surface area (TPSA) is 26.7 Å². The molecule has 1 aliphatic heterocycles. The first-order valence-corrected chi connectivity index (χ1v) is 6.36. The van der Waals surface area contributed by atoms with Gasteiger partial charge in [-0.25, -0.2) is 0 Å². The first-order valence-electron chi connectivity index (χ1n) is 6.36. The highest BCUT2D eigenvalue weighted by molar-refractivity contribution is 4.87. The van der Waals surface area contributed by atoms with Crippen molar-refractivity contribution < 1.29 is 5.11 Å². The summed E-state index contributed by atoms with van der Waals surface area (Å²) in [7, 11) is 2.25. The zero-order valence-corrected chi connectivity index (χ0v) is 9.86. The van der Waals surface area contributed by atoms with Crippen molar-refractivity contribution in [2.24, 2.45) is 0 Å². The minimum atomic E-state index is 0.309. The number of nitrogens with zero attached hydrogens (tertiary/aromatic N) is 2. The van der Waals surface area contributed by atoms with Crippen LogP contribution in [0.5, 0.6) is 0 Å². The third-order valence-corrected chi connectivity index (χ3v) is 3.81. The number of hydrogen-bond donors (Lipinski definition) is 1. The number of piperidine rings is 1. The van der Waals surface area contributed by atoms with E-state index < -0.39 is 0 Å². The number of aliphatic hydroxyl groups is 1. The van der Waals surface area contributed by atoms with E-state index in [1.54, 1.807) is 0 Å². The van der Waals surface area contributed by atoms with Gasteiger partial charge in [0.25, 0.3) is 0 Å². The van der Waals surface area contributed by atoms with E-state index in [4.69, 9.17) is 5.11 Å². The maximum Gasteiger partial charge on any atom is 0.0558 e. The maximum absolute atomic E-state index is 9.04. The van der Waals surface area contributed by atoms with Crippen molar-refractivity contribution >= 4 is 0 Å². The first kappa shape index (κ1) is 11.4. The van der Waals surface area contributed by atoms with Crippen molar-refractivity contribution in [3.05, 3.63) is 0 Å². The molecule has 0 spiro atoms. The normalized spacial score (nSPS) is 28.6. The van der Waals surface area contributed by atoms with Crippen LogP contribution >= 0.6 is 0 Å². The lowest BCUT2D eigenvalue weighted by atomic mass is 10.0. The highest BCUT2D eigenvalue weighted by Crippen LogP contribution is 2.27. The number of hydrogen-bond acceptors (Lipinski definition) is 3. The predicted molar refractivity (Wildman–Crippen MR) is 61.9 cm³/mol. The quantitative estimate of drug-likeness (QED) is 0.734. The van der Waals surface area contributed by atoms with Crippen molar-refractivity contribution in [1.82, 2.24) is 9.80 Å². The lowest BCUT2D eigenvalue weighted by Gasteiger charge is -2.37. The van der Waals surface area contributed by atoms with E-state index in [-0.39, 0.29) is 0 Å². The Morgan fingerprint density at radius 3 is 2.73 bits per heavy atom. The van der Waals surface area contributed by atoms with Crippen LogP contribution in [-0.2, 0) is 0 Å². The van der Waals surface area contributed by atoms with Gasteiger partial charge in [0.2, 0.25) is 0 Å². The van der Waals surface area contributed by atoms with Gasteiger partial charge in [0.15, 0.2) is 0 Å². The van der Waals surface area contributed by atoms with E-state index >= 15 is 0 Å². The second-order valence-corrected chi connectivity index (χ2v) is 5.08. The Morgan fingerprint density at radius 2 is 2.07 bits per heavy atom. The number of likely N-dealkylation sites (tertiary alicyclic amines) is 1.